The molecule has 2 heterocycles. The lowest BCUT2D eigenvalue weighted by molar-refractivity contribution is 0.0999. The summed E-state index contributed by atoms with van der Waals surface area (Å²) in [6.07, 6.45) is 7.73. The molecule has 4 heteroatoms. The fraction of sp³-hybridized carbons (Fsp3) is 0.727. The van der Waals surface area contributed by atoms with E-state index in [-0.39, 0.29) is 6.10 Å². The normalized spacial score (nSPS) is 20.3. The number of likely N-dealkylation sites (tertiary alicyclic amines) is 1. The van der Waals surface area contributed by atoms with Crippen LogP contribution in [-0.2, 0) is 6.42 Å². The van der Waals surface area contributed by atoms with Crippen molar-refractivity contribution in [1.29, 1.82) is 0 Å². The summed E-state index contributed by atoms with van der Waals surface area (Å²) in [5, 5.41) is 9.87. The smallest absolute Gasteiger partial charge is 0.108 e. The standard InChI is InChI=1S/C11H19N3O/c15-10(8-11-12-4-5-13-11)9-14-6-2-1-3-7-14/h4-5,10,15H,1-3,6-9H2,(H,12,13). The van der Waals surface area contributed by atoms with Gasteiger partial charge in [0.1, 0.15) is 5.82 Å². The van der Waals surface area contributed by atoms with Gasteiger partial charge in [-0.25, -0.2) is 4.98 Å². The van der Waals surface area contributed by atoms with E-state index in [1.807, 2.05) is 0 Å². The number of nitrogens with zero attached hydrogens (tertiary/aromatic N) is 2. The third-order valence-corrected chi connectivity index (χ3v) is 2.90. The minimum atomic E-state index is -0.297. The van der Waals surface area contributed by atoms with Gasteiger partial charge < -0.3 is 15.0 Å². The monoisotopic (exact) mass is 209 g/mol. The third-order valence-electron chi connectivity index (χ3n) is 2.90. The van der Waals surface area contributed by atoms with Crippen molar-refractivity contribution in [2.45, 2.75) is 31.8 Å². The largest absolute Gasteiger partial charge is 0.391 e. The van der Waals surface area contributed by atoms with Gasteiger partial charge in [-0.3, -0.25) is 0 Å². The SMILES string of the molecule is OC(Cc1ncc[nH]1)CN1CCCCC1. The summed E-state index contributed by atoms with van der Waals surface area (Å²) in [6, 6.07) is 0. The molecule has 0 aliphatic carbocycles. The summed E-state index contributed by atoms with van der Waals surface area (Å²) in [5.41, 5.74) is 0. The topological polar surface area (TPSA) is 52.2 Å². The molecule has 1 saturated heterocycles. The van der Waals surface area contributed by atoms with Crippen molar-refractivity contribution in [3.05, 3.63) is 18.2 Å². The van der Waals surface area contributed by atoms with Crippen LogP contribution in [0.2, 0.25) is 0 Å². The molecule has 1 aliphatic heterocycles. The lowest BCUT2D eigenvalue weighted by atomic mass is 10.1. The van der Waals surface area contributed by atoms with Crippen molar-refractivity contribution in [2.75, 3.05) is 19.6 Å². The van der Waals surface area contributed by atoms with Crippen LogP contribution in [0.25, 0.3) is 0 Å². The van der Waals surface area contributed by atoms with Crippen molar-refractivity contribution >= 4 is 0 Å². The number of β-amino-alcohol motifs (C(OH)–C–C–N with tert-alkyl or cyclic N) is 1. The maximum atomic E-state index is 9.87. The predicted octanol–water partition coefficient (Wildman–Crippen LogP) is 0.799. The quantitative estimate of drug-likeness (QED) is 0.771. The summed E-state index contributed by atoms with van der Waals surface area (Å²) in [6.45, 7) is 3.05. The zero-order chi connectivity index (χ0) is 10.5. The number of aliphatic hydroxyl groups is 1. The molecule has 1 aromatic rings. The summed E-state index contributed by atoms with van der Waals surface area (Å²) in [4.78, 5) is 9.48. The molecule has 1 aromatic heterocycles. The molecule has 0 radical (unpaired) electrons. The van der Waals surface area contributed by atoms with E-state index in [1.54, 1.807) is 12.4 Å². The van der Waals surface area contributed by atoms with E-state index in [0.29, 0.717) is 6.42 Å². The second-order valence-electron chi connectivity index (χ2n) is 4.26. The molecule has 1 aliphatic rings. The summed E-state index contributed by atoms with van der Waals surface area (Å²) in [5.74, 6) is 0.875. The van der Waals surface area contributed by atoms with Crippen LogP contribution in [-0.4, -0.2) is 45.7 Å². The molecule has 0 saturated carbocycles. The molecule has 0 aromatic carbocycles. The molecule has 1 atom stereocenters. The maximum absolute atomic E-state index is 9.87. The number of rotatable bonds is 4. The highest BCUT2D eigenvalue weighted by Gasteiger charge is 2.15. The van der Waals surface area contributed by atoms with Crippen LogP contribution < -0.4 is 0 Å². The van der Waals surface area contributed by atoms with Crippen LogP contribution in [0.5, 0.6) is 0 Å². The number of piperidine rings is 1. The van der Waals surface area contributed by atoms with Gasteiger partial charge in [-0.1, -0.05) is 6.42 Å². The van der Waals surface area contributed by atoms with Crippen LogP contribution in [0.1, 0.15) is 25.1 Å². The van der Waals surface area contributed by atoms with E-state index in [4.69, 9.17) is 0 Å². The van der Waals surface area contributed by atoms with E-state index in [2.05, 4.69) is 14.9 Å². The van der Waals surface area contributed by atoms with Crippen LogP contribution >= 0.6 is 0 Å². The van der Waals surface area contributed by atoms with Gasteiger partial charge in [-0.05, 0) is 25.9 Å². The molecule has 15 heavy (non-hydrogen) atoms. The number of aromatic amines is 1. The Morgan fingerprint density at radius 2 is 2.20 bits per heavy atom. The second kappa shape index (κ2) is 5.28. The molecular weight excluding hydrogens is 190 g/mol. The van der Waals surface area contributed by atoms with E-state index in [1.165, 1.54) is 19.3 Å². The van der Waals surface area contributed by atoms with Gasteiger partial charge in [0.25, 0.3) is 0 Å². The Bertz CT molecular complexity index is 267. The first-order valence-corrected chi connectivity index (χ1v) is 5.73. The Morgan fingerprint density at radius 3 is 2.87 bits per heavy atom. The molecule has 0 amide bonds. The van der Waals surface area contributed by atoms with Crippen molar-refractivity contribution < 1.29 is 5.11 Å². The number of aromatic nitrogens is 2. The molecule has 2 rings (SSSR count). The average Bonchev–Trinajstić information content (AvgIpc) is 2.71. The minimum absolute atomic E-state index is 0.297. The van der Waals surface area contributed by atoms with Gasteiger partial charge in [-0.15, -0.1) is 0 Å². The molecule has 0 spiro atoms. The first-order chi connectivity index (χ1) is 7.34. The fourth-order valence-corrected chi connectivity index (χ4v) is 2.14. The Labute approximate surface area is 90.3 Å². The number of hydrogen-bond acceptors (Lipinski definition) is 3. The van der Waals surface area contributed by atoms with E-state index in [9.17, 15) is 5.11 Å². The molecule has 1 fully saturated rings. The van der Waals surface area contributed by atoms with Crippen LogP contribution in [0, 0.1) is 0 Å². The minimum Gasteiger partial charge on any atom is -0.391 e. The van der Waals surface area contributed by atoms with Crippen molar-refractivity contribution in [2.24, 2.45) is 0 Å². The zero-order valence-corrected chi connectivity index (χ0v) is 9.02. The predicted molar refractivity (Wildman–Crippen MR) is 58.6 cm³/mol. The summed E-state index contributed by atoms with van der Waals surface area (Å²) < 4.78 is 0. The molecule has 1 unspecified atom stereocenters. The lowest BCUT2D eigenvalue weighted by Crippen LogP contribution is -2.37. The maximum Gasteiger partial charge on any atom is 0.108 e. The summed E-state index contributed by atoms with van der Waals surface area (Å²) in [7, 11) is 0. The summed E-state index contributed by atoms with van der Waals surface area (Å²) >= 11 is 0. The third kappa shape index (κ3) is 3.32. The Hall–Kier alpha value is -0.870. The molecular formula is C11H19N3O. The van der Waals surface area contributed by atoms with Crippen LogP contribution in [0.15, 0.2) is 12.4 Å². The van der Waals surface area contributed by atoms with Gasteiger partial charge in [0.15, 0.2) is 0 Å². The first-order valence-electron chi connectivity index (χ1n) is 5.73. The van der Waals surface area contributed by atoms with E-state index < -0.39 is 0 Å². The highest BCUT2D eigenvalue weighted by atomic mass is 16.3. The van der Waals surface area contributed by atoms with Gasteiger partial charge in [0.2, 0.25) is 0 Å². The Balaban J connectivity index is 1.74. The van der Waals surface area contributed by atoms with E-state index >= 15 is 0 Å². The highest BCUT2D eigenvalue weighted by Crippen LogP contribution is 2.09. The van der Waals surface area contributed by atoms with Crippen molar-refractivity contribution in [1.82, 2.24) is 14.9 Å². The average molecular weight is 209 g/mol. The van der Waals surface area contributed by atoms with E-state index in [0.717, 1.165) is 25.5 Å². The Kier molecular flexibility index (Phi) is 3.75. The molecule has 2 N–H and O–H groups in total. The second-order valence-corrected chi connectivity index (χ2v) is 4.26. The Morgan fingerprint density at radius 1 is 1.40 bits per heavy atom. The lowest BCUT2D eigenvalue weighted by Gasteiger charge is -2.28. The van der Waals surface area contributed by atoms with Crippen LogP contribution in [0.4, 0.5) is 0 Å². The number of nitrogens with one attached hydrogen (secondary N) is 1. The van der Waals surface area contributed by atoms with Gasteiger partial charge in [0.05, 0.1) is 6.10 Å². The van der Waals surface area contributed by atoms with Gasteiger partial charge >= 0.3 is 0 Å². The highest BCUT2D eigenvalue weighted by molar-refractivity contribution is 4.89. The zero-order valence-electron chi connectivity index (χ0n) is 9.02. The fourth-order valence-electron chi connectivity index (χ4n) is 2.14. The van der Waals surface area contributed by atoms with Crippen molar-refractivity contribution in [3.63, 3.8) is 0 Å². The van der Waals surface area contributed by atoms with Crippen molar-refractivity contribution in [3.8, 4) is 0 Å². The van der Waals surface area contributed by atoms with Crippen LogP contribution in [0.3, 0.4) is 0 Å². The number of aliphatic hydroxyl groups excluding tert-OH is 1. The van der Waals surface area contributed by atoms with Gasteiger partial charge in [0, 0.05) is 25.4 Å². The van der Waals surface area contributed by atoms with Gasteiger partial charge in [-0.2, -0.15) is 0 Å². The molecule has 4 nitrogen and oxygen atoms in total. The number of imidazole rings is 1. The number of hydrogen-bond donors (Lipinski definition) is 2. The first kappa shape index (κ1) is 10.6. The number of H-pyrrole nitrogens is 1. The molecule has 0 bridgehead atoms. The molecule has 84 valence electrons.